The van der Waals surface area contributed by atoms with E-state index in [0.29, 0.717) is 17.9 Å². The van der Waals surface area contributed by atoms with Crippen LogP contribution in [-0.4, -0.2) is 32.2 Å². The van der Waals surface area contributed by atoms with Crippen molar-refractivity contribution in [3.8, 4) is 0 Å². The van der Waals surface area contributed by atoms with Crippen molar-refractivity contribution in [2.24, 2.45) is 5.11 Å². The van der Waals surface area contributed by atoms with E-state index in [1.165, 1.54) is 7.11 Å². The van der Waals surface area contributed by atoms with Gasteiger partial charge in [0.05, 0.1) is 7.11 Å². The molecule has 0 aromatic heterocycles. The normalized spacial score (nSPS) is 18.4. The number of piperidine rings is 1. The standard InChI is InChI=1S/C14H17ClN4O2/c1-21-13(20)12(18-19-16)14(6-8-17-9-7-14)10-2-4-11(15)5-3-10/h2-5,12,17H,6-9H2,1H3. The lowest BCUT2D eigenvalue weighted by Crippen LogP contribution is -2.50. The molecule has 21 heavy (non-hydrogen) atoms. The van der Waals surface area contributed by atoms with Gasteiger partial charge in [0.1, 0.15) is 6.04 Å². The van der Waals surface area contributed by atoms with Crippen LogP contribution in [0.2, 0.25) is 5.02 Å². The van der Waals surface area contributed by atoms with Crippen molar-refractivity contribution in [3.63, 3.8) is 0 Å². The molecule has 1 fully saturated rings. The van der Waals surface area contributed by atoms with Crippen molar-refractivity contribution >= 4 is 17.6 Å². The fraction of sp³-hybridized carbons (Fsp3) is 0.500. The minimum absolute atomic E-state index is 0.510. The van der Waals surface area contributed by atoms with Crippen molar-refractivity contribution in [3.05, 3.63) is 45.3 Å². The van der Waals surface area contributed by atoms with E-state index in [4.69, 9.17) is 21.9 Å². The van der Waals surface area contributed by atoms with Crippen LogP contribution >= 0.6 is 11.6 Å². The molecule has 6 nitrogen and oxygen atoms in total. The van der Waals surface area contributed by atoms with Crippen molar-refractivity contribution in [2.45, 2.75) is 24.3 Å². The molecule has 0 aliphatic carbocycles. The van der Waals surface area contributed by atoms with Gasteiger partial charge in [-0.3, -0.25) is 4.79 Å². The Bertz CT molecular complexity index is 549. The molecule has 112 valence electrons. The van der Waals surface area contributed by atoms with Gasteiger partial charge in [0.15, 0.2) is 0 Å². The second-order valence-electron chi connectivity index (χ2n) is 5.04. The summed E-state index contributed by atoms with van der Waals surface area (Å²) in [5.74, 6) is -0.510. The molecule has 0 amide bonds. The zero-order valence-electron chi connectivity index (χ0n) is 11.8. The Kier molecular flexibility index (Phi) is 5.07. The van der Waals surface area contributed by atoms with Gasteiger partial charge in [0, 0.05) is 15.3 Å². The number of carbonyl (C=O) groups excluding carboxylic acids is 1. The van der Waals surface area contributed by atoms with Crippen LogP contribution in [0, 0.1) is 0 Å². The third-order valence-electron chi connectivity index (χ3n) is 4.03. The number of nitrogens with one attached hydrogen (secondary N) is 1. The summed E-state index contributed by atoms with van der Waals surface area (Å²) in [5, 5.41) is 7.62. The minimum atomic E-state index is -0.879. The predicted octanol–water partition coefficient (Wildman–Crippen LogP) is 2.81. The Morgan fingerprint density at radius 3 is 2.57 bits per heavy atom. The second-order valence-corrected chi connectivity index (χ2v) is 5.48. The first-order valence-corrected chi connectivity index (χ1v) is 7.10. The zero-order valence-corrected chi connectivity index (χ0v) is 12.5. The first kappa shape index (κ1) is 15.6. The quantitative estimate of drug-likeness (QED) is 0.401. The number of hydrogen-bond acceptors (Lipinski definition) is 4. The maximum absolute atomic E-state index is 12.1. The van der Waals surface area contributed by atoms with Gasteiger partial charge < -0.3 is 10.1 Å². The summed E-state index contributed by atoms with van der Waals surface area (Å²) < 4.78 is 4.84. The Morgan fingerprint density at radius 1 is 1.43 bits per heavy atom. The lowest BCUT2D eigenvalue weighted by Gasteiger charge is -2.41. The molecule has 1 aromatic carbocycles. The van der Waals surface area contributed by atoms with Gasteiger partial charge in [0.2, 0.25) is 0 Å². The molecule has 0 radical (unpaired) electrons. The fourth-order valence-electron chi connectivity index (χ4n) is 2.92. The molecule has 2 rings (SSSR count). The van der Waals surface area contributed by atoms with E-state index >= 15 is 0 Å². The maximum Gasteiger partial charge on any atom is 0.315 e. The molecule has 0 saturated carbocycles. The molecule has 1 N–H and O–H groups in total. The molecule has 1 atom stereocenters. The zero-order chi connectivity index (χ0) is 15.3. The molecule has 0 bridgehead atoms. The molecular weight excluding hydrogens is 292 g/mol. The summed E-state index contributed by atoms with van der Waals surface area (Å²) in [6, 6.07) is 6.46. The average Bonchev–Trinajstić information content (AvgIpc) is 2.53. The highest BCUT2D eigenvalue weighted by Crippen LogP contribution is 2.39. The molecule has 7 heteroatoms. The first-order valence-electron chi connectivity index (χ1n) is 6.73. The van der Waals surface area contributed by atoms with Gasteiger partial charge in [-0.2, -0.15) is 0 Å². The summed E-state index contributed by atoms with van der Waals surface area (Å²) >= 11 is 5.94. The highest BCUT2D eigenvalue weighted by atomic mass is 35.5. The Labute approximate surface area is 128 Å². The van der Waals surface area contributed by atoms with Gasteiger partial charge >= 0.3 is 5.97 Å². The maximum atomic E-state index is 12.1. The van der Waals surface area contributed by atoms with Crippen molar-refractivity contribution in [2.75, 3.05) is 20.2 Å². The summed E-state index contributed by atoms with van der Waals surface area (Å²) in [4.78, 5) is 15.0. The monoisotopic (exact) mass is 308 g/mol. The summed E-state index contributed by atoms with van der Waals surface area (Å²) in [5.41, 5.74) is 9.21. The number of ether oxygens (including phenoxy) is 1. The summed E-state index contributed by atoms with van der Waals surface area (Å²) in [6.45, 7) is 1.49. The number of azide groups is 1. The number of carbonyl (C=O) groups is 1. The predicted molar refractivity (Wildman–Crippen MR) is 80.2 cm³/mol. The van der Waals surface area contributed by atoms with E-state index in [9.17, 15) is 4.79 Å². The number of rotatable bonds is 4. The van der Waals surface area contributed by atoms with Gasteiger partial charge in [-0.1, -0.05) is 28.8 Å². The lowest BCUT2D eigenvalue weighted by molar-refractivity contribution is -0.144. The van der Waals surface area contributed by atoms with E-state index in [0.717, 1.165) is 18.7 Å². The smallest absolute Gasteiger partial charge is 0.315 e. The van der Waals surface area contributed by atoms with Crippen molar-refractivity contribution < 1.29 is 9.53 Å². The molecule has 1 aliphatic heterocycles. The van der Waals surface area contributed by atoms with E-state index in [1.807, 2.05) is 12.1 Å². The fourth-order valence-corrected chi connectivity index (χ4v) is 3.05. The van der Waals surface area contributed by atoms with E-state index in [-0.39, 0.29) is 0 Å². The second kappa shape index (κ2) is 6.80. The largest absolute Gasteiger partial charge is 0.469 e. The van der Waals surface area contributed by atoms with Crippen LogP contribution in [0.5, 0.6) is 0 Å². The van der Waals surface area contributed by atoms with E-state index < -0.39 is 17.4 Å². The van der Waals surface area contributed by atoms with Gasteiger partial charge in [-0.15, -0.1) is 0 Å². The topological polar surface area (TPSA) is 87.1 Å². The molecule has 1 aliphatic rings. The van der Waals surface area contributed by atoms with Crippen LogP contribution in [-0.2, 0) is 14.9 Å². The van der Waals surface area contributed by atoms with Crippen LogP contribution < -0.4 is 5.32 Å². The lowest BCUT2D eigenvalue weighted by atomic mass is 9.68. The summed E-state index contributed by atoms with van der Waals surface area (Å²) in [6.07, 6.45) is 1.38. The number of esters is 1. The Morgan fingerprint density at radius 2 is 2.05 bits per heavy atom. The average molecular weight is 309 g/mol. The molecule has 1 saturated heterocycles. The number of nitrogens with zero attached hydrogens (tertiary/aromatic N) is 3. The minimum Gasteiger partial charge on any atom is -0.469 e. The molecule has 1 unspecified atom stereocenters. The van der Waals surface area contributed by atoms with Crippen LogP contribution in [0.4, 0.5) is 0 Å². The third kappa shape index (κ3) is 3.13. The van der Waals surface area contributed by atoms with Gasteiger partial charge in [-0.05, 0) is 49.2 Å². The highest BCUT2D eigenvalue weighted by Gasteiger charge is 2.45. The molecular formula is C14H17ClN4O2. The van der Waals surface area contributed by atoms with E-state index in [1.54, 1.807) is 12.1 Å². The van der Waals surface area contributed by atoms with Gasteiger partial charge in [-0.25, -0.2) is 0 Å². The molecule has 1 aromatic rings. The Hall–Kier alpha value is -1.75. The highest BCUT2D eigenvalue weighted by molar-refractivity contribution is 6.30. The van der Waals surface area contributed by atoms with E-state index in [2.05, 4.69) is 15.3 Å². The summed E-state index contributed by atoms with van der Waals surface area (Å²) in [7, 11) is 1.30. The SMILES string of the molecule is COC(=O)C(N=[N+]=[N-])C1(c2ccc(Cl)cc2)CCNCC1. The van der Waals surface area contributed by atoms with Crippen molar-refractivity contribution in [1.29, 1.82) is 0 Å². The number of hydrogen-bond donors (Lipinski definition) is 1. The van der Waals surface area contributed by atoms with Crippen LogP contribution in [0.3, 0.4) is 0 Å². The Balaban J connectivity index is 2.51. The first-order chi connectivity index (χ1) is 10.1. The number of benzene rings is 1. The number of halogens is 1. The molecule has 0 spiro atoms. The van der Waals surface area contributed by atoms with Crippen molar-refractivity contribution in [1.82, 2.24) is 5.32 Å². The van der Waals surface area contributed by atoms with Crippen LogP contribution in [0.1, 0.15) is 18.4 Å². The van der Waals surface area contributed by atoms with Crippen LogP contribution in [0.25, 0.3) is 10.4 Å². The van der Waals surface area contributed by atoms with Crippen LogP contribution in [0.15, 0.2) is 29.4 Å². The number of methoxy groups -OCH3 is 1. The third-order valence-corrected chi connectivity index (χ3v) is 4.28. The van der Waals surface area contributed by atoms with Gasteiger partial charge in [0.25, 0.3) is 0 Å². The molecule has 1 heterocycles.